The van der Waals surface area contributed by atoms with E-state index in [9.17, 15) is 5.26 Å². The van der Waals surface area contributed by atoms with Gasteiger partial charge in [0.25, 0.3) is 0 Å². The average Bonchev–Trinajstić information content (AvgIpc) is 2.95. The second-order valence-corrected chi connectivity index (χ2v) is 8.72. The van der Waals surface area contributed by atoms with Crippen molar-refractivity contribution >= 4 is 6.08 Å². The molecule has 0 spiro atoms. The predicted octanol–water partition coefficient (Wildman–Crippen LogP) is 5.07. The van der Waals surface area contributed by atoms with Gasteiger partial charge in [-0.2, -0.15) is 5.26 Å². The second-order valence-electron chi connectivity index (χ2n) is 8.72. The van der Waals surface area contributed by atoms with Gasteiger partial charge in [-0.1, -0.05) is 0 Å². The molecule has 2 aromatic rings. The molecule has 0 radical (unpaired) electrons. The lowest BCUT2D eigenvalue weighted by Crippen LogP contribution is -2.24. The van der Waals surface area contributed by atoms with Gasteiger partial charge in [0.15, 0.2) is 23.0 Å². The molecule has 1 unspecified atom stereocenters. The average molecular weight is 521 g/mol. The van der Waals surface area contributed by atoms with E-state index in [1.807, 2.05) is 30.3 Å². The fourth-order valence-electron chi connectivity index (χ4n) is 5.07. The molecule has 4 rings (SSSR count). The van der Waals surface area contributed by atoms with Crippen LogP contribution in [0.3, 0.4) is 0 Å². The zero-order chi connectivity index (χ0) is 27.4. The Morgan fingerprint density at radius 3 is 1.82 bits per heavy atom. The van der Waals surface area contributed by atoms with Crippen LogP contribution >= 0.6 is 0 Å². The van der Waals surface area contributed by atoms with Crippen molar-refractivity contribution in [2.24, 2.45) is 5.73 Å². The van der Waals surface area contributed by atoms with Crippen LogP contribution in [0.1, 0.15) is 36.3 Å². The van der Waals surface area contributed by atoms with Crippen LogP contribution in [0.2, 0.25) is 0 Å². The number of nitriles is 1. The lowest BCUT2D eigenvalue weighted by Gasteiger charge is -2.33. The van der Waals surface area contributed by atoms with Crippen molar-refractivity contribution in [1.29, 1.82) is 5.26 Å². The van der Waals surface area contributed by atoms with Crippen molar-refractivity contribution in [2.75, 3.05) is 42.7 Å². The summed E-state index contributed by atoms with van der Waals surface area (Å²) in [5.41, 5.74) is 10.2. The number of ether oxygens (including phenoxy) is 7. The highest BCUT2D eigenvalue weighted by molar-refractivity contribution is 5.68. The molecule has 0 bridgehead atoms. The molecule has 9 nitrogen and oxygen atoms in total. The third kappa shape index (κ3) is 4.65. The topological polar surface area (TPSA) is 114 Å². The third-order valence-corrected chi connectivity index (χ3v) is 6.76. The highest BCUT2D eigenvalue weighted by Crippen LogP contribution is 2.50. The molecule has 38 heavy (non-hydrogen) atoms. The Bertz CT molecular complexity index is 1320. The van der Waals surface area contributed by atoms with Crippen LogP contribution in [-0.2, 0) is 4.74 Å². The summed E-state index contributed by atoms with van der Waals surface area (Å²) in [6.45, 7) is 0. The quantitative estimate of drug-likeness (QED) is 0.510. The Morgan fingerprint density at radius 1 is 0.816 bits per heavy atom. The van der Waals surface area contributed by atoms with E-state index in [1.165, 1.54) is 0 Å². The molecule has 0 saturated carbocycles. The van der Waals surface area contributed by atoms with Crippen LogP contribution in [-0.4, -0.2) is 42.7 Å². The van der Waals surface area contributed by atoms with E-state index >= 15 is 0 Å². The van der Waals surface area contributed by atoms with Gasteiger partial charge >= 0.3 is 0 Å². The van der Waals surface area contributed by atoms with Crippen LogP contribution in [0.25, 0.3) is 6.08 Å². The second kappa shape index (κ2) is 11.3. The summed E-state index contributed by atoms with van der Waals surface area (Å²) in [4.78, 5) is 0. The standard InChI is InChI=1S/C29H32N2O7/c1-32-21-11-16(12-22(33-2)27(21)36-5)10-17-8-7-9-19-25(20(15-30)29(31)38-26(17)19)18-13-23(34-3)28(37-6)24(14-18)35-4/h10-14,25H,7-9,31H2,1-6H3/b17-10+. The van der Waals surface area contributed by atoms with Crippen LogP contribution in [0, 0.1) is 11.3 Å². The lowest BCUT2D eigenvalue weighted by atomic mass is 9.76. The largest absolute Gasteiger partial charge is 0.493 e. The van der Waals surface area contributed by atoms with Crippen LogP contribution in [0.4, 0.5) is 0 Å². The van der Waals surface area contributed by atoms with Gasteiger partial charge in [0.2, 0.25) is 17.4 Å². The van der Waals surface area contributed by atoms with Crippen molar-refractivity contribution in [3.05, 3.63) is 63.8 Å². The molecule has 0 amide bonds. The molecule has 2 N–H and O–H groups in total. The van der Waals surface area contributed by atoms with E-state index in [1.54, 1.807) is 42.7 Å². The van der Waals surface area contributed by atoms with E-state index in [-0.39, 0.29) is 5.88 Å². The van der Waals surface area contributed by atoms with E-state index in [4.69, 9.17) is 38.9 Å². The SMILES string of the molecule is COc1cc(/C=C2\CCCC3=C2OC(N)=C(C#N)C3c2cc(OC)c(OC)c(OC)c2)cc(OC)c1OC. The molecule has 9 heteroatoms. The summed E-state index contributed by atoms with van der Waals surface area (Å²) < 4.78 is 39.3. The van der Waals surface area contributed by atoms with Crippen LogP contribution in [0.5, 0.6) is 34.5 Å². The minimum atomic E-state index is -0.430. The van der Waals surface area contributed by atoms with Gasteiger partial charge in [-0.25, -0.2) is 0 Å². The number of hydrogen-bond acceptors (Lipinski definition) is 9. The summed E-state index contributed by atoms with van der Waals surface area (Å²) in [6.07, 6.45) is 4.40. The van der Waals surface area contributed by atoms with Gasteiger partial charge in [0.1, 0.15) is 17.4 Å². The Morgan fingerprint density at radius 2 is 1.34 bits per heavy atom. The van der Waals surface area contributed by atoms with Crippen molar-refractivity contribution in [1.82, 2.24) is 0 Å². The maximum Gasteiger partial charge on any atom is 0.205 e. The van der Waals surface area contributed by atoms with Crippen molar-refractivity contribution in [3.63, 3.8) is 0 Å². The molecule has 2 aliphatic rings. The van der Waals surface area contributed by atoms with Crippen LogP contribution in [0.15, 0.2) is 52.6 Å². The monoisotopic (exact) mass is 520 g/mol. The van der Waals surface area contributed by atoms with E-state index < -0.39 is 5.92 Å². The molecule has 200 valence electrons. The summed E-state index contributed by atoms with van der Waals surface area (Å²) in [7, 11) is 9.40. The minimum Gasteiger partial charge on any atom is -0.493 e. The Kier molecular flexibility index (Phi) is 7.91. The molecular formula is C29H32N2O7. The molecule has 2 aromatic carbocycles. The number of nitrogens with zero attached hydrogens (tertiary/aromatic N) is 1. The number of allylic oxidation sites excluding steroid dienone is 3. The van der Waals surface area contributed by atoms with Gasteiger partial charge in [-0.15, -0.1) is 0 Å². The van der Waals surface area contributed by atoms with Crippen molar-refractivity contribution in [3.8, 4) is 40.6 Å². The molecule has 1 atom stereocenters. The van der Waals surface area contributed by atoms with Crippen LogP contribution < -0.4 is 34.2 Å². The first-order valence-electron chi connectivity index (χ1n) is 12.1. The molecule has 1 aliphatic heterocycles. The fraction of sp³-hybridized carbons (Fsp3) is 0.345. The minimum absolute atomic E-state index is 0.0719. The lowest BCUT2D eigenvalue weighted by molar-refractivity contribution is 0.276. The Hall–Kier alpha value is -4.45. The van der Waals surface area contributed by atoms with E-state index in [2.05, 4.69) is 6.07 Å². The van der Waals surface area contributed by atoms with Gasteiger partial charge in [-0.05, 0) is 71.9 Å². The molecule has 0 fully saturated rings. The van der Waals surface area contributed by atoms with Gasteiger partial charge in [0.05, 0.1) is 42.7 Å². The van der Waals surface area contributed by atoms with E-state index in [0.717, 1.165) is 41.5 Å². The highest BCUT2D eigenvalue weighted by Gasteiger charge is 2.36. The normalized spacial score (nSPS) is 17.8. The Labute approximate surface area is 222 Å². The predicted molar refractivity (Wildman–Crippen MR) is 142 cm³/mol. The first-order chi connectivity index (χ1) is 18.4. The molecular weight excluding hydrogens is 488 g/mol. The van der Waals surface area contributed by atoms with E-state index in [0.29, 0.717) is 45.8 Å². The first kappa shape index (κ1) is 26.6. The zero-order valence-electron chi connectivity index (χ0n) is 22.5. The van der Waals surface area contributed by atoms with Crippen molar-refractivity contribution in [2.45, 2.75) is 25.2 Å². The summed E-state index contributed by atoms with van der Waals surface area (Å²) in [5.74, 6) is 3.39. The molecule has 1 aliphatic carbocycles. The van der Waals surface area contributed by atoms with Gasteiger partial charge < -0.3 is 38.9 Å². The maximum absolute atomic E-state index is 10.1. The summed E-state index contributed by atoms with van der Waals surface area (Å²) in [6, 6.07) is 9.72. The summed E-state index contributed by atoms with van der Waals surface area (Å²) in [5, 5.41) is 10.1. The zero-order valence-corrected chi connectivity index (χ0v) is 22.5. The third-order valence-electron chi connectivity index (χ3n) is 6.76. The summed E-state index contributed by atoms with van der Waals surface area (Å²) >= 11 is 0. The molecule has 0 aromatic heterocycles. The van der Waals surface area contributed by atoms with Gasteiger partial charge in [-0.3, -0.25) is 0 Å². The number of benzene rings is 2. The maximum atomic E-state index is 10.1. The number of nitrogens with two attached hydrogens (primary N) is 1. The molecule has 0 saturated heterocycles. The molecule has 1 heterocycles. The number of rotatable bonds is 8. The Balaban J connectivity index is 1.89. The van der Waals surface area contributed by atoms with Gasteiger partial charge in [0, 0.05) is 5.92 Å². The first-order valence-corrected chi connectivity index (χ1v) is 12.1. The highest BCUT2D eigenvalue weighted by atomic mass is 16.5. The smallest absolute Gasteiger partial charge is 0.205 e. The van der Waals surface area contributed by atoms with Crippen molar-refractivity contribution < 1.29 is 33.2 Å². The number of methoxy groups -OCH3 is 6. The number of hydrogen-bond donors (Lipinski definition) is 1. The fourth-order valence-corrected chi connectivity index (χ4v) is 5.07.